The lowest BCUT2D eigenvalue weighted by Crippen LogP contribution is -2.56. The minimum atomic E-state index is -0.556. The maximum atomic E-state index is 14.3. The zero-order valence-corrected chi connectivity index (χ0v) is 15.2. The van der Waals surface area contributed by atoms with E-state index in [-0.39, 0.29) is 24.1 Å². The normalized spacial score (nSPS) is 21.4. The van der Waals surface area contributed by atoms with E-state index < -0.39 is 6.04 Å². The first-order valence-electron chi connectivity index (χ1n) is 9.20. The van der Waals surface area contributed by atoms with Gasteiger partial charge < -0.3 is 15.0 Å². The van der Waals surface area contributed by atoms with Gasteiger partial charge in [0.1, 0.15) is 11.6 Å². The number of benzene rings is 1. The van der Waals surface area contributed by atoms with Crippen LogP contribution in [0.5, 0.6) is 5.75 Å². The van der Waals surface area contributed by atoms with Gasteiger partial charge in [0.2, 0.25) is 11.8 Å². The van der Waals surface area contributed by atoms with Crippen molar-refractivity contribution in [1.82, 2.24) is 15.1 Å². The molecule has 142 valence electrons. The molecule has 6 nitrogen and oxygen atoms in total. The van der Waals surface area contributed by atoms with Crippen molar-refractivity contribution in [3.8, 4) is 5.75 Å². The van der Waals surface area contributed by atoms with Gasteiger partial charge in [-0.3, -0.25) is 14.5 Å². The van der Waals surface area contributed by atoms with Gasteiger partial charge >= 0.3 is 0 Å². The van der Waals surface area contributed by atoms with Gasteiger partial charge in [-0.15, -0.1) is 0 Å². The van der Waals surface area contributed by atoms with Crippen molar-refractivity contribution >= 4 is 11.8 Å². The number of nitrogens with zero attached hydrogens (tertiary/aromatic N) is 2. The Balaban J connectivity index is 1.69. The molecule has 1 aromatic rings. The fourth-order valence-corrected chi connectivity index (χ4v) is 3.61. The number of nitrogens with one attached hydrogen (secondary N) is 1. The summed E-state index contributed by atoms with van der Waals surface area (Å²) in [5.74, 6) is -0.0571. The number of piperazine rings is 1. The number of hydrogen-bond acceptors (Lipinski definition) is 4. The van der Waals surface area contributed by atoms with Crippen molar-refractivity contribution in [2.75, 3.05) is 33.3 Å². The van der Waals surface area contributed by atoms with E-state index in [1.165, 1.54) is 13.2 Å². The monoisotopic (exact) mass is 363 g/mol. The Morgan fingerprint density at radius 2 is 2.04 bits per heavy atom. The lowest BCUT2D eigenvalue weighted by atomic mass is 10.0. The number of carbonyl (C=O) groups is 2. The highest BCUT2D eigenvalue weighted by atomic mass is 19.1. The van der Waals surface area contributed by atoms with Crippen LogP contribution in [0, 0.1) is 5.82 Å². The lowest BCUT2D eigenvalue weighted by Gasteiger charge is -2.36. The third-order valence-electron chi connectivity index (χ3n) is 5.15. The fraction of sp³-hybridized carbons (Fsp3) is 0.579. The molecule has 0 spiro atoms. The van der Waals surface area contributed by atoms with Crippen LogP contribution in [0.15, 0.2) is 18.2 Å². The third kappa shape index (κ3) is 4.33. The highest BCUT2D eigenvalue weighted by Gasteiger charge is 2.33. The quantitative estimate of drug-likeness (QED) is 0.862. The first kappa shape index (κ1) is 18.6. The molecule has 2 saturated heterocycles. The summed E-state index contributed by atoms with van der Waals surface area (Å²) in [6.45, 7) is 2.92. The van der Waals surface area contributed by atoms with Gasteiger partial charge in [-0.05, 0) is 25.3 Å². The van der Waals surface area contributed by atoms with Crippen LogP contribution in [-0.2, 0) is 16.1 Å². The Bertz CT molecular complexity index is 661. The van der Waals surface area contributed by atoms with Crippen molar-refractivity contribution in [2.45, 2.75) is 38.3 Å². The summed E-state index contributed by atoms with van der Waals surface area (Å²) in [6.07, 6.45) is 3.33. The lowest BCUT2D eigenvalue weighted by molar-refractivity contribution is -0.139. The van der Waals surface area contributed by atoms with Crippen LogP contribution in [0.1, 0.15) is 31.2 Å². The van der Waals surface area contributed by atoms with Crippen LogP contribution in [-0.4, -0.2) is 60.9 Å². The summed E-state index contributed by atoms with van der Waals surface area (Å²) in [7, 11) is 1.49. The number of hydrogen-bond donors (Lipinski definition) is 1. The maximum absolute atomic E-state index is 14.3. The van der Waals surface area contributed by atoms with Crippen LogP contribution in [0.3, 0.4) is 0 Å². The van der Waals surface area contributed by atoms with Gasteiger partial charge in [0.25, 0.3) is 0 Å². The second-order valence-corrected chi connectivity index (χ2v) is 6.88. The highest BCUT2D eigenvalue weighted by molar-refractivity contribution is 5.88. The van der Waals surface area contributed by atoms with Gasteiger partial charge in [0, 0.05) is 44.4 Å². The molecule has 0 radical (unpaired) electrons. The smallest absolute Gasteiger partial charge is 0.237 e. The standard InChI is InChI=1S/C19H26FN3O3/c1-26-15-6-5-14(16(20)11-15)13-23-10-7-21-19(25)17(23)12-18(24)22-8-3-2-4-9-22/h5-6,11,17H,2-4,7-10,12-13H2,1H3,(H,21,25). The van der Waals surface area contributed by atoms with E-state index in [2.05, 4.69) is 5.32 Å². The molecule has 0 bridgehead atoms. The van der Waals surface area contributed by atoms with Crippen molar-refractivity contribution in [3.63, 3.8) is 0 Å². The molecule has 2 fully saturated rings. The highest BCUT2D eigenvalue weighted by Crippen LogP contribution is 2.21. The van der Waals surface area contributed by atoms with Gasteiger partial charge in [-0.1, -0.05) is 6.07 Å². The molecule has 26 heavy (non-hydrogen) atoms. The van der Waals surface area contributed by atoms with Crippen molar-refractivity contribution in [3.05, 3.63) is 29.6 Å². The maximum Gasteiger partial charge on any atom is 0.237 e. The summed E-state index contributed by atoms with van der Waals surface area (Å²) >= 11 is 0. The minimum Gasteiger partial charge on any atom is -0.497 e. The molecule has 0 aromatic heterocycles. The van der Waals surface area contributed by atoms with Crippen molar-refractivity contribution < 1.29 is 18.7 Å². The van der Waals surface area contributed by atoms with Crippen molar-refractivity contribution in [1.29, 1.82) is 0 Å². The topological polar surface area (TPSA) is 61.9 Å². The molecule has 1 aromatic carbocycles. The third-order valence-corrected chi connectivity index (χ3v) is 5.15. The number of rotatable bonds is 5. The van der Waals surface area contributed by atoms with Crippen LogP contribution in [0.4, 0.5) is 4.39 Å². The summed E-state index contributed by atoms with van der Waals surface area (Å²) in [4.78, 5) is 28.7. The van der Waals surface area contributed by atoms with E-state index in [1.54, 1.807) is 12.1 Å². The first-order valence-corrected chi connectivity index (χ1v) is 9.20. The van der Waals surface area contributed by atoms with Crippen LogP contribution < -0.4 is 10.1 Å². The zero-order chi connectivity index (χ0) is 18.5. The molecule has 1 atom stereocenters. The van der Waals surface area contributed by atoms with Gasteiger partial charge in [0.05, 0.1) is 19.6 Å². The molecular formula is C19H26FN3O3. The number of likely N-dealkylation sites (tertiary alicyclic amines) is 1. The largest absolute Gasteiger partial charge is 0.497 e. The molecule has 2 heterocycles. The SMILES string of the molecule is COc1ccc(CN2CCNC(=O)C2CC(=O)N2CCCCC2)c(F)c1. The number of piperidine rings is 1. The zero-order valence-electron chi connectivity index (χ0n) is 15.2. The molecule has 0 saturated carbocycles. The fourth-order valence-electron chi connectivity index (χ4n) is 3.61. The van der Waals surface area contributed by atoms with E-state index in [4.69, 9.17) is 4.74 Å². The van der Waals surface area contributed by atoms with Gasteiger partial charge in [-0.25, -0.2) is 4.39 Å². The molecule has 1 unspecified atom stereocenters. The number of ether oxygens (including phenoxy) is 1. The van der Waals surface area contributed by atoms with Crippen molar-refractivity contribution in [2.24, 2.45) is 0 Å². The second-order valence-electron chi connectivity index (χ2n) is 6.88. The van der Waals surface area contributed by atoms with E-state index in [1.807, 2.05) is 9.80 Å². The molecular weight excluding hydrogens is 337 g/mol. The first-order chi connectivity index (χ1) is 12.6. The molecule has 2 aliphatic heterocycles. The Labute approximate surface area is 153 Å². The van der Waals surface area contributed by atoms with Gasteiger partial charge in [-0.2, -0.15) is 0 Å². The number of halogens is 1. The summed E-state index contributed by atoms with van der Waals surface area (Å²) < 4.78 is 19.3. The summed E-state index contributed by atoms with van der Waals surface area (Å²) in [5, 5.41) is 2.82. The summed E-state index contributed by atoms with van der Waals surface area (Å²) in [6, 6.07) is 4.16. The molecule has 7 heteroatoms. The molecule has 1 N–H and O–H groups in total. The Kier molecular flexibility index (Phi) is 6.08. The number of methoxy groups -OCH3 is 1. The molecule has 0 aliphatic carbocycles. The average molecular weight is 363 g/mol. The van der Waals surface area contributed by atoms with Crippen LogP contribution in [0.25, 0.3) is 0 Å². The molecule has 3 rings (SSSR count). The second kappa shape index (κ2) is 8.49. The predicted octanol–water partition coefficient (Wildman–Crippen LogP) is 1.54. The minimum absolute atomic E-state index is 0.00644. The Morgan fingerprint density at radius 1 is 1.27 bits per heavy atom. The molecule has 2 aliphatic rings. The predicted molar refractivity (Wildman–Crippen MR) is 95.2 cm³/mol. The number of carbonyl (C=O) groups excluding carboxylic acids is 2. The Morgan fingerprint density at radius 3 is 2.73 bits per heavy atom. The van der Waals surface area contributed by atoms with E-state index >= 15 is 0 Å². The Hall–Kier alpha value is -2.15. The van der Waals surface area contributed by atoms with Crippen LogP contribution in [0.2, 0.25) is 0 Å². The molecule has 2 amide bonds. The number of amides is 2. The van der Waals surface area contributed by atoms with Crippen LogP contribution >= 0.6 is 0 Å². The van der Waals surface area contributed by atoms with E-state index in [0.717, 1.165) is 32.4 Å². The van der Waals surface area contributed by atoms with Gasteiger partial charge in [0.15, 0.2) is 0 Å². The van der Waals surface area contributed by atoms with E-state index in [0.29, 0.717) is 30.9 Å². The average Bonchev–Trinajstić information content (AvgIpc) is 2.66. The van der Waals surface area contributed by atoms with E-state index in [9.17, 15) is 14.0 Å². The summed E-state index contributed by atoms with van der Waals surface area (Å²) in [5.41, 5.74) is 0.496.